The Balaban J connectivity index is 1.68. The normalized spacial score (nSPS) is 15.8. The summed E-state index contributed by atoms with van der Waals surface area (Å²) in [5.41, 5.74) is 1.81. The lowest BCUT2D eigenvalue weighted by atomic mass is 10.1. The number of ether oxygens (including phenoxy) is 3. The fourth-order valence-corrected chi connectivity index (χ4v) is 4.52. The van der Waals surface area contributed by atoms with E-state index in [2.05, 4.69) is 9.71 Å². The Morgan fingerprint density at radius 2 is 1.77 bits per heavy atom. The summed E-state index contributed by atoms with van der Waals surface area (Å²) in [6.45, 7) is 0. The first-order chi connectivity index (χ1) is 16.7. The van der Waals surface area contributed by atoms with E-state index < -0.39 is 34.0 Å². The summed E-state index contributed by atoms with van der Waals surface area (Å²) in [6, 6.07) is 16.5. The van der Waals surface area contributed by atoms with E-state index in [1.165, 1.54) is 25.2 Å². The van der Waals surface area contributed by atoms with Crippen LogP contribution in [0.3, 0.4) is 0 Å². The average Bonchev–Trinajstić information content (AvgIpc) is 3.17. The van der Waals surface area contributed by atoms with Crippen LogP contribution in [0, 0.1) is 0 Å². The molecule has 1 aromatic heterocycles. The highest BCUT2D eigenvalue weighted by molar-refractivity contribution is 7.89. The van der Waals surface area contributed by atoms with Gasteiger partial charge in [0, 0.05) is 24.0 Å². The Morgan fingerprint density at radius 3 is 2.40 bits per heavy atom. The zero-order valence-corrected chi connectivity index (χ0v) is 19.4. The topological polar surface area (TPSA) is 141 Å². The Morgan fingerprint density at radius 1 is 1.06 bits per heavy atom. The molecule has 3 aromatic rings. The number of aryl methyl sites for hydroxylation is 1. The molecule has 0 spiro atoms. The van der Waals surface area contributed by atoms with Gasteiger partial charge >= 0.3 is 17.9 Å². The predicted octanol–water partition coefficient (Wildman–Crippen LogP) is 1.78. The minimum absolute atomic E-state index is 0.0178. The number of esters is 2. The average molecular weight is 499 g/mol. The maximum absolute atomic E-state index is 12.8. The van der Waals surface area contributed by atoms with Gasteiger partial charge in [0.15, 0.2) is 6.10 Å². The number of hydrogen-bond acceptors (Lipinski definition) is 9. The standard InChI is InChI=1S/C24H22N2O8S/c1-25-35(30,31)20-14-18(10-11-19(20)17-7-3-2-4-8-17)32-24(33-22(28)23(29)34-24)21(27)12-9-16-6-5-13-26-15-16/h2-8,10-11,13-15,21,25,27H,9,12H2,1H3/t21-/m1/s1. The van der Waals surface area contributed by atoms with Crippen LogP contribution in [0.2, 0.25) is 0 Å². The molecule has 0 saturated carbocycles. The van der Waals surface area contributed by atoms with Gasteiger partial charge in [0.25, 0.3) is 0 Å². The molecule has 1 atom stereocenters. The van der Waals surface area contributed by atoms with Crippen LogP contribution in [0.1, 0.15) is 12.0 Å². The van der Waals surface area contributed by atoms with Gasteiger partial charge in [0.1, 0.15) is 5.75 Å². The third-order valence-electron chi connectivity index (χ3n) is 5.33. The van der Waals surface area contributed by atoms with Crippen molar-refractivity contribution in [2.24, 2.45) is 0 Å². The zero-order valence-electron chi connectivity index (χ0n) is 18.6. The number of sulfonamides is 1. The summed E-state index contributed by atoms with van der Waals surface area (Å²) in [5.74, 6) is -5.27. The molecule has 2 aromatic carbocycles. The number of nitrogens with zero attached hydrogens (tertiary/aromatic N) is 1. The van der Waals surface area contributed by atoms with Crippen molar-refractivity contribution >= 4 is 22.0 Å². The Kier molecular flexibility index (Phi) is 6.83. The summed E-state index contributed by atoms with van der Waals surface area (Å²) in [7, 11) is -2.69. The molecule has 4 rings (SSSR count). The van der Waals surface area contributed by atoms with Crippen LogP contribution in [0.25, 0.3) is 11.1 Å². The van der Waals surface area contributed by atoms with Crippen molar-refractivity contribution in [3.05, 3.63) is 78.6 Å². The van der Waals surface area contributed by atoms with E-state index in [4.69, 9.17) is 14.2 Å². The van der Waals surface area contributed by atoms with E-state index >= 15 is 0 Å². The lowest BCUT2D eigenvalue weighted by Gasteiger charge is -2.30. The molecule has 2 N–H and O–H groups in total. The van der Waals surface area contributed by atoms with Gasteiger partial charge in [0.2, 0.25) is 10.0 Å². The molecular formula is C24H22N2O8S. The predicted molar refractivity (Wildman–Crippen MR) is 122 cm³/mol. The molecule has 10 nitrogen and oxygen atoms in total. The van der Waals surface area contributed by atoms with Gasteiger partial charge in [-0.15, -0.1) is 0 Å². The van der Waals surface area contributed by atoms with Gasteiger partial charge in [-0.2, -0.15) is 0 Å². The monoisotopic (exact) mass is 498 g/mol. The molecule has 2 heterocycles. The van der Waals surface area contributed by atoms with Crippen molar-refractivity contribution in [1.82, 2.24) is 9.71 Å². The van der Waals surface area contributed by atoms with Crippen LogP contribution in [-0.4, -0.2) is 49.6 Å². The lowest BCUT2D eigenvalue weighted by molar-refractivity contribution is -0.318. The zero-order chi connectivity index (χ0) is 25.1. The number of carbonyl (C=O) groups excluding carboxylic acids is 2. The summed E-state index contributed by atoms with van der Waals surface area (Å²) < 4.78 is 43.5. The van der Waals surface area contributed by atoms with Gasteiger partial charge < -0.3 is 19.3 Å². The number of aliphatic hydroxyl groups is 1. The van der Waals surface area contributed by atoms with Crippen LogP contribution in [0.4, 0.5) is 0 Å². The number of cyclic esters (lactones) is 2. The first kappa shape index (κ1) is 24.3. The number of hydrogen-bond donors (Lipinski definition) is 2. The maximum Gasteiger partial charge on any atom is 0.450 e. The summed E-state index contributed by atoms with van der Waals surface area (Å²) in [4.78, 5) is 27.6. The molecule has 1 saturated heterocycles. The number of nitrogens with one attached hydrogen (secondary N) is 1. The second-order valence-corrected chi connectivity index (χ2v) is 9.49. The lowest BCUT2D eigenvalue weighted by Crippen LogP contribution is -2.49. The summed E-state index contributed by atoms with van der Waals surface area (Å²) in [6.07, 6.45) is 1.90. The van der Waals surface area contributed by atoms with Crippen molar-refractivity contribution in [2.45, 2.75) is 29.8 Å². The number of pyridine rings is 1. The van der Waals surface area contributed by atoms with Crippen molar-refractivity contribution in [1.29, 1.82) is 0 Å². The Labute approximate surface area is 201 Å². The highest BCUT2D eigenvalue weighted by atomic mass is 32.2. The minimum atomic E-state index is -3.96. The van der Waals surface area contributed by atoms with Crippen LogP contribution < -0.4 is 9.46 Å². The van der Waals surface area contributed by atoms with Gasteiger partial charge in [-0.3, -0.25) is 4.98 Å². The molecule has 35 heavy (non-hydrogen) atoms. The van der Waals surface area contributed by atoms with E-state index in [1.54, 1.807) is 54.9 Å². The molecule has 0 amide bonds. The third-order valence-corrected chi connectivity index (χ3v) is 6.78. The van der Waals surface area contributed by atoms with E-state index in [0.29, 0.717) is 17.5 Å². The molecule has 0 aliphatic carbocycles. The highest BCUT2D eigenvalue weighted by Gasteiger charge is 2.57. The van der Waals surface area contributed by atoms with Crippen molar-refractivity contribution in [3.63, 3.8) is 0 Å². The number of carbonyl (C=O) groups is 2. The van der Waals surface area contributed by atoms with Gasteiger partial charge in [0.05, 0.1) is 4.90 Å². The van der Waals surface area contributed by atoms with Crippen LogP contribution in [0.15, 0.2) is 78.0 Å². The molecule has 0 radical (unpaired) electrons. The van der Waals surface area contributed by atoms with Crippen molar-refractivity contribution < 1.29 is 37.3 Å². The number of benzene rings is 2. The van der Waals surface area contributed by atoms with Gasteiger partial charge in [-0.25, -0.2) is 22.7 Å². The maximum atomic E-state index is 12.8. The Hall–Kier alpha value is -3.80. The van der Waals surface area contributed by atoms with Crippen LogP contribution in [0.5, 0.6) is 5.75 Å². The van der Waals surface area contributed by atoms with Crippen LogP contribution in [-0.2, 0) is 35.5 Å². The summed E-state index contributed by atoms with van der Waals surface area (Å²) in [5, 5.41) is 10.8. The SMILES string of the molecule is CNS(=O)(=O)c1cc(OC2([C@H](O)CCc3cccnc3)OC(=O)C(=O)O2)ccc1-c1ccccc1. The molecule has 1 aliphatic rings. The van der Waals surface area contributed by atoms with Gasteiger partial charge in [-0.1, -0.05) is 36.4 Å². The molecular weight excluding hydrogens is 476 g/mol. The molecule has 182 valence electrons. The molecule has 1 fully saturated rings. The minimum Gasteiger partial charge on any atom is -0.418 e. The quantitative estimate of drug-likeness (QED) is 0.334. The van der Waals surface area contributed by atoms with Crippen molar-refractivity contribution in [2.75, 3.05) is 7.05 Å². The first-order valence-corrected chi connectivity index (χ1v) is 12.1. The summed E-state index contributed by atoms with van der Waals surface area (Å²) >= 11 is 0. The molecule has 0 unspecified atom stereocenters. The number of rotatable bonds is 9. The second kappa shape index (κ2) is 9.82. The van der Waals surface area contributed by atoms with E-state index in [-0.39, 0.29) is 17.1 Å². The number of aliphatic hydroxyl groups excluding tert-OH is 1. The molecule has 0 bridgehead atoms. The van der Waals surface area contributed by atoms with E-state index in [0.717, 1.165) is 5.56 Å². The van der Waals surface area contributed by atoms with E-state index in [1.807, 2.05) is 0 Å². The Bertz CT molecular complexity index is 1310. The number of aromatic nitrogens is 1. The van der Waals surface area contributed by atoms with Crippen molar-refractivity contribution in [3.8, 4) is 16.9 Å². The second-order valence-electron chi connectivity index (χ2n) is 7.63. The first-order valence-electron chi connectivity index (χ1n) is 10.6. The fraction of sp³-hybridized carbons (Fsp3) is 0.208. The van der Waals surface area contributed by atoms with Crippen LogP contribution >= 0.6 is 0 Å². The third kappa shape index (κ3) is 5.16. The molecule has 1 aliphatic heterocycles. The molecule has 11 heteroatoms. The smallest absolute Gasteiger partial charge is 0.418 e. The fourth-order valence-electron chi connectivity index (χ4n) is 3.55. The van der Waals surface area contributed by atoms with E-state index in [9.17, 15) is 23.1 Å². The largest absolute Gasteiger partial charge is 0.450 e. The highest BCUT2D eigenvalue weighted by Crippen LogP contribution is 2.35. The van der Waals surface area contributed by atoms with Gasteiger partial charge in [-0.05, 0) is 49.2 Å².